The van der Waals surface area contributed by atoms with Crippen molar-refractivity contribution in [3.8, 4) is 0 Å². The third-order valence-electron chi connectivity index (χ3n) is 7.26. The molecule has 9 atom stereocenters. The van der Waals surface area contributed by atoms with E-state index in [1.54, 1.807) is 7.11 Å². The summed E-state index contributed by atoms with van der Waals surface area (Å²) in [7, 11) is 2.97. The summed E-state index contributed by atoms with van der Waals surface area (Å²) >= 11 is 0. The van der Waals surface area contributed by atoms with E-state index in [0.717, 1.165) is 19.3 Å². The highest BCUT2D eigenvalue weighted by Gasteiger charge is 2.45. The average molecular weight is 487 g/mol. The molecule has 34 heavy (non-hydrogen) atoms. The van der Waals surface area contributed by atoms with E-state index in [4.69, 9.17) is 23.7 Å². The zero-order valence-electron chi connectivity index (χ0n) is 20.6. The molecule has 2 fully saturated rings. The van der Waals surface area contributed by atoms with Gasteiger partial charge in [0.1, 0.15) is 6.10 Å². The average Bonchev–Trinajstić information content (AvgIpc) is 2.81. The molecule has 0 aromatic heterocycles. The molecule has 3 aliphatic rings. The van der Waals surface area contributed by atoms with Gasteiger partial charge in [0, 0.05) is 25.9 Å². The highest BCUT2D eigenvalue weighted by atomic mass is 16.7. The number of esters is 1. The third kappa shape index (κ3) is 7.46. The normalized spacial score (nSPS) is 37.9. The molecule has 3 aliphatic heterocycles. The lowest BCUT2D eigenvalue weighted by molar-refractivity contribution is -0.305. The number of aliphatic hydroxyl groups is 3. The molecule has 9 heteroatoms. The van der Waals surface area contributed by atoms with E-state index in [-0.39, 0.29) is 55.8 Å². The Hall–Kier alpha value is -1.07. The second kappa shape index (κ2) is 12.8. The quantitative estimate of drug-likeness (QED) is 0.313. The number of ether oxygens (including phenoxy) is 5. The maximum absolute atomic E-state index is 11.5. The number of hydrogen-bond acceptors (Lipinski definition) is 9. The first-order valence-corrected chi connectivity index (χ1v) is 12.5. The highest BCUT2D eigenvalue weighted by molar-refractivity contribution is 5.69. The molecular formula is C25H42O9. The maximum atomic E-state index is 11.5. The van der Waals surface area contributed by atoms with E-state index in [2.05, 4.69) is 0 Å². The first-order valence-electron chi connectivity index (χ1n) is 12.5. The minimum absolute atomic E-state index is 0.0782. The molecule has 0 saturated carbocycles. The molecule has 0 aromatic rings. The van der Waals surface area contributed by atoms with Crippen LogP contribution in [-0.4, -0.2) is 90.6 Å². The van der Waals surface area contributed by atoms with Crippen LogP contribution < -0.4 is 0 Å². The van der Waals surface area contributed by atoms with Crippen molar-refractivity contribution in [2.75, 3.05) is 20.8 Å². The molecule has 196 valence electrons. The van der Waals surface area contributed by atoms with Crippen molar-refractivity contribution in [1.82, 2.24) is 0 Å². The number of methoxy groups -OCH3 is 2. The van der Waals surface area contributed by atoms with Gasteiger partial charge in [-0.1, -0.05) is 13.0 Å². The zero-order chi connectivity index (χ0) is 24.7. The number of rotatable bonds is 10. The molecule has 1 spiro atoms. The van der Waals surface area contributed by atoms with E-state index < -0.39 is 24.1 Å². The largest absolute Gasteiger partial charge is 0.469 e. The number of hydrogen-bond donors (Lipinski definition) is 3. The molecule has 0 radical (unpaired) electrons. The summed E-state index contributed by atoms with van der Waals surface area (Å²) in [5.41, 5.74) is 0. The van der Waals surface area contributed by atoms with Gasteiger partial charge in [0.15, 0.2) is 5.79 Å². The van der Waals surface area contributed by atoms with Gasteiger partial charge in [-0.05, 0) is 44.6 Å². The van der Waals surface area contributed by atoms with Crippen molar-refractivity contribution in [3.05, 3.63) is 12.2 Å². The fourth-order valence-electron chi connectivity index (χ4n) is 5.29. The molecule has 3 heterocycles. The van der Waals surface area contributed by atoms with Gasteiger partial charge >= 0.3 is 5.97 Å². The van der Waals surface area contributed by atoms with Crippen LogP contribution in [0.4, 0.5) is 0 Å². The molecule has 0 aliphatic carbocycles. The molecule has 0 bridgehead atoms. The Morgan fingerprint density at radius 3 is 2.50 bits per heavy atom. The van der Waals surface area contributed by atoms with Crippen molar-refractivity contribution in [2.24, 2.45) is 5.92 Å². The van der Waals surface area contributed by atoms with Crippen LogP contribution >= 0.6 is 0 Å². The summed E-state index contributed by atoms with van der Waals surface area (Å²) in [5, 5.41) is 31.0. The standard InChI is InChI=1S/C25H42O9/c1-16-7-9-25(10-8-21(30-2)23(15-26)34-25)33-22(16)13-18(28)11-17(27)12-19-5-4-6-20(32-19)14-24(29)31-3/h7,9,16-23,26-28H,4-6,8,10-15H2,1-3H3/t16-,17-,18-,19+,20-,21-,22+,23+,25-/m0/s1. The van der Waals surface area contributed by atoms with Gasteiger partial charge in [0.05, 0.1) is 56.8 Å². The summed E-state index contributed by atoms with van der Waals surface area (Å²) in [4.78, 5) is 11.5. The lowest BCUT2D eigenvalue weighted by Crippen LogP contribution is -2.53. The lowest BCUT2D eigenvalue weighted by atomic mass is 9.89. The predicted molar refractivity (Wildman–Crippen MR) is 123 cm³/mol. The number of carbonyl (C=O) groups excluding carboxylic acids is 1. The molecule has 0 unspecified atom stereocenters. The van der Waals surface area contributed by atoms with Crippen LogP contribution in [0.5, 0.6) is 0 Å². The Bertz CT molecular complexity index is 671. The summed E-state index contributed by atoms with van der Waals surface area (Å²) in [6.07, 6.45) is 6.33. The van der Waals surface area contributed by atoms with Crippen LogP contribution in [0.1, 0.15) is 64.7 Å². The van der Waals surface area contributed by atoms with Crippen molar-refractivity contribution in [3.63, 3.8) is 0 Å². The Labute approximate surface area is 202 Å². The summed E-state index contributed by atoms with van der Waals surface area (Å²) in [6.45, 7) is 1.87. The highest BCUT2D eigenvalue weighted by Crippen LogP contribution is 2.39. The summed E-state index contributed by atoms with van der Waals surface area (Å²) in [5.74, 6) is -1.14. The third-order valence-corrected chi connectivity index (χ3v) is 7.26. The van der Waals surface area contributed by atoms with E-state index >= 15 is 0 Å². The maximum Gasteiger partial charge on any atom is 0.308 e. The Morgan fingerprint density at radius 1 is 1.09 bits per heavy atom. The Balaban J connectivity index is 1.48. The van der Waals surface area contributed by atoms with E-state index in [9.17, 15) is 20.1 Å². The van der Waals surface area contributed by atoms with E-state index in [0.29, 0.717) is 25.7 Å². The van der Waals surface area contributed by atoms with Crippen LogP contribution in [0.2, 0.25) is 0 Å². The van der Waals surface area contributed by atoms with Gasteiger partial charge in [0.2, 0.25) is 0 Å². The van der Waals surface area contributed by atoms with Crippen LogP contribution in [0.25, 0.3) is 0 Å². The van der Waals surface area contributed by atoms with Crippen molar-refractivity contribution >= 4 is 5.97 Å². The summed E-state index contributed by atoms with van der Waals surface area (Å²) < 4.78 is 28.5. The molecule has 0 aromatic carbocycles. The lowest BCUT2D eigenvalue weighted by Gasteiger charge is -2.46. The van der Waals surface area contributed by atoms with Crippen molar-refractivity contribution in [1.29, 1.82) is 0 Å². The smallest absolute Gasteiger partial charge is 0.308 e. The summed E-state index contributed by atoms with van der Waals surface area (Å²) in [6, 6.07) is 0. The molecule has 3 N–H and O–H groups in total. The SMILES string of the molecule is COC(=O)C[C@@H]1CCC[C@H](C[C@@H](O)C[C@H](O)C[C@H]2O[C@]3(C=C[C@@H]2C)CC[C@H](OC)[C@@H](CO)O3)O1. The fraction of sp³-hybridized carbons (Fsp3) is 0.880. The second-order valence-corrected chi connectivity index (χ2v) is 9.94. The van der Waals surface area contributed by atoms with Gasteiger partial charge in [-0.2, -0.15) is 0 Å². The first kappa shape index (κ1) is 27.5. The second-order valence-electron chi connectivity index (χ2n) is 9.94. The Morgan fingerprint density at radius 2 is 1.79 bits per heavy atom. The first-order chi connectivity index (χ1) is 16.3. The van der Waals surface area contributed by atoms with Crippen LogP contribution in [-0.2, 0) is 28.5 Å². The minimum Gasteiger partial charge on any atom is -0.469 e. The van der Waals surface area contributed by atoms with Crippen molar-refractivity contribution in [2.45, 2.75) is 113 Å². The van der Waals surface area contributed by atoms with Crippen molar-refractivity contribution < 1.29 is 43.8 Å². The van der Waals surface area contributed by atoms with Gasteiger partial charge in [0.25, 0.3) is 0 Å². The number of carbonyl (C=O) groups is 1. The monoisotopic (exact) mass is 486 g/mol. The van der Waals surface area contributed by atoms with Gasteiger partial charge in [-0.3, -0.25) is 4.79 Å². The molecule has 0 amide bonds. The van der Waals surface area contributed by atoms with Gasteiger partial charge < -0.3 is 39.0 Å². The predicted octanol–water partition coefficient (Wildman–Crippen LogP) is 1.85. The molecule has 9 nitrogen and oxygen atoms in total. The van der Waals surface area contributed by atoms with Gasteiger partial charge in [-0.15, -0.1) is 0 Å². The zero-order valence-corrected chi connectivity index (χ0v) is 20.6. The molecule has 3 rings (SSSR count). The fourth-order valence-corrected chi connectivity index (χ4v) is 5.29. The van der Waals surface area contributed by atoms with Crippen LogP contribution in [0, 0.1) is 5.92 Å². The van der Waals surface area contributed by atoms with Gasteiger partial charge in [-0.25, -0.2) is 0 Å². The minimum atomic E-state index is -0.928. The number of aliphatic hydroxyl groups excluding tert-OH is 3. The molecule has 2 saturated heterocycles. The Kier molecular flexibility index (Phi) is 10.3. The van der Waals surface area contributed by atoms with Crippen LogP contribution in [0.15, 0.2) is 12.2 Å². The topological polar surface area (TPSA) is 124 Å². The van der Waals surface area contributed by atoms with E-state index in [1.165, 1.54) is 7.11 Å². The van der Waals surface area contributed by atoms with Crippen LogP contribution in [0.3, 0.4) is 0 Å². The van der Waals surface area contributed by atoms with E-state index in [1.807, 2.05) is 19.1 Å². The molecular weight excluding hydrogens is 444 g/mol.